The molecule has 0 aromatic rings. The summed E-state index contributed by atoms with van der Waals surface area (Å²) in [6, 6.07) is 0. The molecule has 0 N–H and O–H groups in total. The highest BCUT2D eigenvalue weighted by molar-refractivity contribution is 7.96. The summed E-state index contributed by atoms with van der Waals surface area (Å²) in [6.45, 7) is 9.51. The van der Waals surface area contributed by atoms with E-state index in [-0.39, 0.29) is 15.6 Å². The fraction of sp³-hybridized carbons (Fsp3) is 0.500. The van der Waals surface area contributed by atoms with Crippen LogP contribution in [0.2, 0.25) is 0 Å². The van der Waals surface area contributed by atoms with Gasteiger partial charge in [-0.3, -0.25) is 4.79 Å². The van der Waals surface area contributed by atoms with Crippen molar-refractivity contribution in [3.63, 3.8) is 0 Å². The first-order valence-corrected chi connectivity index (χ1v) is 6.45. The monoisotopic (exact) mass is 248 g/mol. The number of hydrogen-bond donors (Lipinski definition) is 1. The quantitative estimate of drug-likeness (QED) is 0.471. The standard InChI is InChI=1S/C10H16O3S2/c1-6(2)15(12,13)9(5)7(3)10(14)8(4)11/h6,14H,5H2,1-4H3/b10-7-. The van der Waals surface area contributed by atoms with E-state index >= 15 is 0 Å². The summed E-state index contributed by atoms with van der Waals surface area (Å²) in [5, 5.41) is -0.548. The number of ketones is 1. The van der Waals surface area contributed by atoms with Gasteiger partial charge in [-0.05, 0) is 33.3 Å². The molecule has 0 bridgehead atoms. The summed E-state index contributed by atoms with van der Waals surface area (Å²) < 4.78 is 23.4. The van der Waals surface area contributed by atoms with E-state index in [1.165, 1.54) is 13.8 Å². The first kappa shape index (κ1) is 14.5. The maximum Gasteiger partial charge on any atom is 0.180 e. The molecular weight excluding hydrogens is 232 g/mol. The Morgan fingerprint density at radius 3 is 1.93 bits per heavy atom. The Labute approximate surface area is 96.6 Å². The summed E-state index contributed by atoms with van der Waals surface area (Å²) in [5.74, 6) is -0.268. The van der Waals surface area contributed by atoms with Crippen LogP contribution in [0.1, 0.15) is 27.7 Å². The molecule has 0 heterocycles. The number of allylic oxidation sites excluding steroid dienone is 2. The molecule has 0 aliphatic heterocycles. The van der Waals surface area contributed by atoms with Crippen molar-refractivity contribution in [2.75, 3.05) is 0 Å². The highest BCUT2D eigenvalue weighted by atomic mass is 32.2. The van der Waals surface area contributed by atoms with Gasteiger partial charge >= 0.3 is 0 Å². The third-order valence-corrected chi connectivity index (χ3v) is 4.96. The second-order valence-corrected chi connectivity index (χ2v) is 6.52. The molecule has 0 atom stereocenters. The van der Waals surface area contributed by atoms with Gasteiger partial charge in [0.25, 0.3) is 0 Å². The van der Waals surface area contributed by atoms with Crippen molar-refractivity contribution in [2.24, 2.45) is 0 Å². The van der Waals surface area contributed by atoms with Crippen molar-refractivity contribution in [3.8, 4) is 0 Å². The van der Waals surface area contributed by atoms with E-state index in [1.807, 2.05) is 0 Å². The van der Waals surface area contributed by atoms with Crippen LogP contribution in [0.25, 0.3) is 0 Å². The first-order valence-electron chi connectivity index (χ1n) is 4.46. The molecule has 0 spiro atoms. The fourth-order valence-electron chi connectivity index (χ4n) is 0.894. The molecule has 0 amide bonds. The van der Waals surface area contributed by atoms with Gasteiger partial charge in [0.1, 0.15) is 0 Å². The average molecular weight is 248 g/mol. The van der Waals surface area contributed by atoms with E-state index in [1.54, 1.807) is 13.8 Å². The number of Topliss-reactive ketones (excluding diaryl/α,β-unsaturated/α-hetero) is 1. The number of hydrogen-bond acceptors (Lipinski definition) is 4. The predicted molar refractivity (Wildman–Crippen MR) is 65.6 cm³/mol. The smallest absolute Gasteiger partial charge is 0.180 e. The zero-order valence-electron chi connectivity index (χ0n) is 9.36. The third-order valence-electron chi connectivity index (χ3n) is 2.07. The van der Waals surface area contributed by atoms with Gasteiger partial charge in [0.2, 0.25) is 0 Å². The van der Waals surface area contributed by atoms with Crippen LogP contribution in [0.3, 0.4) is 0 Å². The molecule has 0 saturated heterocycles. The normalized spacial score (nSPS) is 13.7. The van der Waals surface area contributed by atoms with E-state index in [0.29, 0.717) is 5.57 Å². The lowest BCUT2D eigenvalue weighted by atomic mass is 10.2. The van der Waals surface area contributed by atoms with Crippen molar-refractivity contribution < 1.29 is 13.2 Å². The summed E-state index contributed by atoms with van der Waals surface area (Å²) in [6.07, 6.45) is 0. The van der Waals surface area contributed by atoms with Gasteiger partial charge in [0.05, 0.1) is 15.1 Å². The van der Waals surface area contributed by atoms with Gasteiger partial charge in [-0.15, -0.1) is 12.6 Å². The number of sulfone groups is 1. The van der Waals surface area contributed by atoms with Crippen molar-refractivity contribution in [1.82, 2.24) is 0 Å². The largest absolute Gasteiger partial charge is 0.294 e. The number of thiol groups is 1. The minimum Gasteiger partial charge on any atom is -0.294 e. The molecule has 15 heavy (non-hydrogen) atoms. The zero-order chi connectivity index (χ0) is 12.4. The van der Waals surface area contributed by atoms with Crippen LogP contribution in [0.5, 0.6) is 0 Å². The van der Waals surface area contributed by atoms with Crippen LogP contribution in [-0.4, -0.2) is 19.5 Å². The highest BCUT2D eigenvalue weighted by Crippen LogP contribution is 2.24. The summed E-state index contributed by atoms with van der Waals surface area (Å²) in [4.78, 5) is 11.1. The molecule has 5 heteroatoms. The molecule has 0 aromatic heterocycles. The lowest BCUT2D eigenvalue weighted by molar-refractivity contribution is -0.113. The number of carbonyl (C=O) groups excluding carboxylic acids is 1. The Kier molecular flexibility index (Phi) is 4.80. The molecule has 0 aliphatic carbocycles. The predicted octanol–water partition coefficient (Wildman–Crippen LogP) is 2.12. The van der Waals surface area contributed by atoms with E-state index in [0.717, 1.165) is 0 Å². The zero-order valence-corrected chi connectivity index (χ0v) is 11.1. The van der Waals surface area contributed by atoms with Crippen molar-refractivity contribution >= 4 is 28.2 Å². The third kappa shape index (κ3) is 3.21. The molecule has 0 rings (SSSR count). The van der Waals surface area contributed by atoms with Gasteiger partial charge in [-0.1, -0.05) is 6.58 Å². The van der Waals surface area contributed by atoms with E-state index in [4.69, 9.17) is 0 Å². The van der Waals surface area contributed by atoms with Crippen molar-refractivity contribution in [2.45, 2.75) is 32.9 Å². The molecule has 0 aliphatic rings. The molecule has 0 aromatic carbocycles. The van der Waals surface area contributed by atoms with Gasteiger partial charge in [0, 0.05) is 0 Å². The SMILES string of the molecule is C=C(/C(C)=C(\S)C(C)=O)S(=O)(=O)C(C)C. The van der Waals surface area contributed by atoms with Crippen LogP contribution < -0.4 is 0 Å². The molecular formula is C10H16O3S2. The second-order valence-electron chi connectivity index (χ2n) is 3.55. The van der Waals surface area contributed by atoms with Crippen molar-refractivity contribution in [3.05, 3.63) is 22.0 Å². The van der Waals surface area contributed by atoms with Crippen LogP contribution >= 0.6 is 12.6 Å². The molecule has 0 radical (unpaired) electrons. The lowest BCUT2D eigenvalue weighted by Gasteiger charge is -2.12. The highest BCUT2D eigenvalue weighted by Gasteiger charge is 2.23. The van der Waals surface area contributed by atoms with E-state index in [2.05, 4.69) is 19.2 Å². The second kappa shape index (κ2) is 4.99. The van der Waals surface area contributed by atoms with Crippen molar-refractivity contribution in [1.29, 1.82) is 0 Å². The molecule has 86 valence electrons. The average Bonchev–Trinajstić information content (AvgIpc) is 2.13. The minimum atomic E-state index is -3.41. The van der Waals surface area contributed by atoms with E-state index < -0.39 is 15.1 Å². The minimum absolute atomic E-state index is 0.0299. The van der Waals surface area contributed by atoms with Gasteiger partial charge < -0.3 is 0 Å². The molecule has 3 nitrogen and oxygen atoms in total. The number of carbonyl (C=O) groups is 1. The Hall–Kier alpha value is -0.550. The van der Waals surface area contributed by atoms with Gasteiger partial charge in [-0.2, -0.15) is 0 Å². The Bertz CT molecular complexity index is 414. The summed E-state index contributed by atoms with van der Waals surface area (Å²) >= 11 is 3.96. The van der Waals surface area contributed by atoms with Crippen LogP contribution in [0.15, 0.2) is 22.0 Å². The maximum absolute atomic E-state index is 11.7. The Balaban J connectivity index is 5.42. The van der Waals surface area contributed by atoms with Gasteiger partial charge in [-0.25, -0.2) is 8.42 Å². The summed E-state index contributed by atoms with van der Waals surface area (Å²) in [5.41, 5.74) is 0.319. The maximum atomic E-state index is 11.7. The Morgan fingerprint density at radius 1 is 1.27 bits per heavy atom. The fourth-order valence-corrected chi connectivity index (χ4v) is 2.20. The van der Waals surface area contributed by atoms with Gasteiger partial charge in [0.15, 0.2) is 15.6 Å². The molecule has 0 unspecified atom stereocenters. The van der Waals surface area contributed by atoms with Crippen LogP contribution in [-0.2, 0) is 14.6 Å². The van der Waals surface area contributed by atoms with Crippen LogP contribution in [0.4, 0.5) is 0 Å². The summed E-state index contributed by atoms with van der Waals surface area (Å²) in [7, 11) is -3.41. The number of rotatable bonds is 4. The first-order chi connectivity index (χ1) is 6.62. The molecule has 0 fully saturated rings. The molecule has 0 saturated carbocycles. The lowest BCUT2D eigenvalue weighted by Crippen LogP contribution is -2.17. The Morgan fingerprint density at radius 2 is 1.67 bits per heavy atom. The van der Waals surface area contributed by atoms with Crippen LogP contribution in [0, 0.1) is 0 Å². The van der Waals surface area contributed by atoms with E-state index in [9.17, 15) is 13.2 Å². The topological polar surface area (TPSA) is 51.2 Å².